The van der Waals surface area contributed by atoms with Gasteiger partial charge in [-0.2, -0.15) is 11.3 Å². The summed E-state index contributed by atoms with van der Waals surface area (Å²) in [5.41, 5.74) is 8.65. The normalized spacial score (nSPS) is 10.1. The number of nitrogen functional groups attached to an aromatic ring is 1. The molecule has 14 heavy (non-hydrogen) atoms. The third kappa shape index (κ3) is 1.70. The Morgan fingerprint density at radius 2 is 2.29 bits per heavy atom. The lowest BCUT2D eigenvalue weighted by molar-refractivity contribution is 1.28. The Morgan fingerprint density at radius 1 is 1.43 bits per heavy atom. The molecule has 3 N–H and O–H groups in total. The summed E-state index contributed by atoms with van der Waals surface area (Å²) < 4.78 is 0. The quantitative estimate of drug-likeness (QED) is 0.792. The summed E-state index contributed by atoms with van der Waals surface area (Å²) in [6, 6.07) is 3.89. The Bertz CT molecular complexity index is 423. The summed E-state index contributed by atoms with van der Waals surface area (Å²) in [6.07, 6.45) is 1.75. The first-order valence-corrected chi connectivity index (χ1v) is 5.22. The van der Waals surface area contributed by atoms with E-state index in [9.17, 15) is 0 Å². The van der Waals surface area contributed by atoms with Crippen molar-refractivity contribution in [2.24, 2.45) is 0 Å². The summed E-state index contributed by atoms with van der Waals surface area (Å²) in [5.74, 6) is 0.725. The topological polar surface area (TPSA) is 50.9 Å². The largest absolute Gasteiger partial charge is 0.396 e. The van der Waals surface area contributed by atoms with Crippen LogP contribution in [0.2, 0.25) is 0 Å². The van der Waals surface area contributed by atoms with Crippen LogP contribution in [0.4, 0.5) is 17.2 Å². The van der Waals surface area contributed by atoms with Gasteiger partial charge in [-0.05, 0) is 30.0 Å². The van der Waals surface area contributed by atoms with E-state index in [1.54, 1.807) is 17.5 Å². The van der Waals surface area contributed by atoms with Gasteiger partial charge in [-0.1, -0.05) is 0 Å². The van der Waals surface area contributed by atoms with Crippen LogP contribution in [0.1, 0.15) is 5.56 Å². The molecule has 0 aromatic carbocycles. The fourth-order valence-electron chi connectivity index (χ4n) is 1.14. The molecular weight excluding hydrogens is 194 g/mol. The summed E-state index contributed by atoms with van der Waals surface area (Å²) in [6.45, 7) is 1.97. The third-order valence-corrected chi connectivity index (χ3v) is 2.68. The molecule has 2 aromatic heterocycles. The molecule has 0 aliphatic rings. The lowest BCUT2D eigenvalue weighted by atomic mass is 10.2. The van der Waals surface area contributed by atoms with Crippen molar-refractivity contribution in [2.45, 2.75) is 6.92 Å². The molecule has 4 heteroatoms. The smallest absolute Gasteiger partial charge is 0.153 e. The molecule has 0 amide bonds. The van der Waals surface area contributed by atoms with Crippen LogP contribution in [0.5, 0.6) is 0 Å². The highest BCUT2D eigenvalue weighted by molar-refractivity contribution is 7.08. The number of hydrogen-bond donors (Lipinski definition) is 2. The van der Waals surface area contributed by atoms with Crippen molar-refractivity contribution in [2.75, 3.05) is 11.1 Å². The standard InChI is InChI=1S/C10H11N3S/c1-7-2-4-12-10(9(7)11)13-8-3-5-14-6-8/h2-6H,11H2,1H3,(H,12,13). The Hall–Kier alpha value is -1.55. The van der Waals surface area contributed by atoms with Crippen LogP contribution in [0, 0.1) is 6.92 Å². The first-order chi connectivity index (χ1) is 6.77. The summed E-state index contributed by atoms with van der Waals surface area (Å²) in [4.78, 5) is 4.18. The lowest BCUT2D eigenvalue weighted by Crippen LogP contribution is -1.99. The van der Waals surface area contributed by atoms with E-state index >= 15 is 0 Å². The van der Waals surface area contributed by atoms with E-state index < -0.39 is 0 Å². The van der Waals surface area contributed by atoms with Gasteiger partial charge < -0.3 is 11.1 Å². The molecule has 2 heterocycles. The average Bonchev–Trinajstić information content (AvgIpc) is 2.66. The number of pyridine rings is 1. The third-order valence-electron chi connectivity index (χ3n) is 1.99. The van der Waals surface area contributed by atoms with Crippen LogP contribution in [0.15, 0.2) is 29.1 Å². The zero-order chi connectivity index (χ0) is 9.97. The highest BCUT2D eigenvalue weighted by atomic mass is 32.1. The second-order valence-electron chi connectivity index (χ2n) is 3.03. The molecule has 2 rings (SSSR count). The van der Waals surface area contributed by atoms with Gasteiger partial charge in [0.25, 0.3) is 0 Å². The summed E-state index contributed by atoms with van der Waals surface area (Å²) in [5, 5.41) is 7.19. The van der Waals surface area contributed by atoms with Crippen LogP contribution in [-0.4, -0.2) is 4.98 Å². The predicted molar refractivity (Wildman–Crippen MR) is 61.0 cm³/mol. The monoisotopic (exact) mass is 205 g/mol. The molecular formula is C10H11N3S. The van der Waals surface area contributed by atoms with Gasteiger partial charge in [0.1, 0.15) is 0 Å². The lowest BCUT2D eigenvalue weighted by Gasteiger charge is -2.07. The van der Waals surface area contributed by atoms with Gasteiger partial charge >= 0.3 is 0 Å². The Labute approximate surface area is 86.6 Å². The molecule has 0 unspecified atom stereocenters. The van der Waals surface area contributed by atoms with E-state index in [0.29, 0.717) is 5.69 Å². The number of thiophene rings is 1. The zero-order valence-electron chi connectivity index (χ0n) is 7.82. The van der Waals surface area contributed by atoms with Crippen molar-refractivity contribution in [1.82, 2.24) is 4.98 Å². The van der Waals surface area contributed by atoms with E-state index in [0.717, 1.165) is 17.1 Å². The minimum atomic E-state index is 0.707. The van der Waals surface area contributed by atoms with E-state index in [1.807, 2.05) is 29.8 Å². The number of rotatable bonds is 2. The molecule has 0 saturated carbocycles. The Balaban J connectivity index is 2.29. The first kappa shape index (κ1) is 9.02. The van der Waals surface area contributed by atoms with Gasteiger partial charge in [0.15, 0.2) is 5.82 Å². The van der Waals surface area contributed by atoms with Crippen molar-refractivity contribution in [3.05, 3.63) is 34.7 Å². The molecule has 0 bridgehead atoms. The van der Waals surface area contributed by atoms with Crippen molar-refractivity contribution in [3.8, 4) is 0 Å². The van der Waals surface area contributed by atoms with Crippen LogP contribution in [0.25, 0.3) is 0 Å². The number of anilines is 3. The van der Waals surface area contributed by atoms with Crippen molar-refractivity contribution in [1.29, 1.82) is 0 Å². The molecule has 0 aliphatic heterocycles. The van der Waals surface area contributed by atoms with Gasteiger partial charge in [-0.15, -0.1) is 0 Å². The maximum atomic E-state index is 5.88. The van der Waals surface area contributed by atoms with E-state index in [4.69, 9.17) is 5.73 Å². The Kier molecular flexibility index (Phi) is 2.37. The number of nitrogens with one attached hydrogen (secondary N) is 1. The van der Waals surface area contributed by atoms with Crippen molar-refractivity contribution < 1.29 is 0 Å². The number of hydrogen-bond acceptors (Lipinski definition) is 4. The summed E-state index contributed by atoms with van der Waals surface area (Å²) >= 11 is 1.64. The average molecular weight is 205 g/mol. The van der Waals surface area contributed by atoms with Gasteiger partial charge in [0.05, 0.1) is 11.4 Å². The fraction of sp³-hybridized carbons (Fsp3) is 0.100. The number of aryl methyl sites for hydroxylation is 1. The maximum absolute atomic E-state index is 5.88. The van der Waals surface area contributed by atoms with Crippen LogP contribution in [0.3, 0.4) is 0 Å². The van der Waals surface area contributed by atoms with E-state index in [2.05, 4.69) is 10.3 Å². The maximum Gasteiger partial charge on any atom is 0.153 e. The van der Waals surface area contributed by atoms with Crippen LogP contribution < -0.4 is 11.1 Å². The van der Waals surface area contributed by atoms with Gasteiger partial charge in [0, 0.05) is 11.6 Å². The first-order valence-electron chi connectivity index (χ1n) is 4.27. The second-order valence-corrected chi connectivity index (χ2v) is 3.81. The highest BCUT2D eigenvalue weighted by Gasteiger charge is 2.02. The minimum Gasteiger partial charge on any atom is -0.396 e. The van der Waals surface area contributed by atoms with E-state index in [1.165, 1.54) is 0 Å². The van der Waals surface area contributed by atoms with Gasteiger partial charge in [0.2, 0.25) is 0 Å². The zero-order valence-corrected chi connectivity index (χ0v) is 8.64. The molecule has 3 nitrogen and oxygen atoms in total. The van der Waals surface area contributed by atoms with Gasteiger partial charge in [-0.25, -0.2) is 4.98 Å². The molecule has 2 aromatic rings. The van der Waals surface area contributed by atoms with Crippen LogP contribution >= 0.6 is 11.3 Å². The molecule has 0 radical (unpaired) electrons. The Morgan fingerprint density at radius 3 is 3.00 bits per heavy atom. The molecule has 0 fully saturated rings. The highest BCUT2D eigenvalue weighted by Crippen LogP contribution is 2.24. The second kappa shape index (κ2) is 3.67. The molecule has 72 valence electrons. The predicted octanol–water partition coefficient (Wildman–Crippen LogP) is 2.78. The van der Waals surface area contributed by atoms with Crippen molar-refractivity contribution in [3.63, 3.8) is 0 Å². The fourth-order valence-corrected chi connectivity index (χ4v) is 1.73. The minimum absolute atomic E-state index is 0.707. The van der Waals surface area contributed by atoms with E-state index in [-0.39, 0.29) is 0 Å². The summed E-state index contributed by atoms with van der Waals surface area (Å²) in [7, 11) is 0. The number of nitrogens with zero attached hydrogens (tertiary/aromatic N) is 1. The molecule has 0 spiro atoms. The van der Waals surface area contributed by atoms with Crippen LogP contribution in [-0.2, 0) is 0 Å². The van der Waals surface area contributed by atoms with Gasteiger partial charge in [-0.3, -0.25) is 0 Å². The molecule has 0 atom stereocenters. The SMILES string of the molecule is Cc1ccnc(Nc2ccsc2)c1N. The molecule has 0 saturated heterocycles. The molecule has 0 aliphatic carbocycles. The number of nitrogens with two attached hydrogens (primary N) is 1. The number of aromatic nitrogens is 1. The van der Waals surface area contributed by atoms with Crippen molar-refractivity contribution >= 4 is 28.5 Å².